The van der Waals surface area contributed by atoms with Gasteiger partial charge in [0.2, 0.25) is 5.91 Å². The Kier molecular flexibility index (Phi) is 5.21. The van der Waals surface area contributed by atoms with Gasteiger partial charge in [-0.1, -0.05) is 19.8 Å². The summed E-state index contributed by atoms with van der Waals surface area (Å²) in [5, 5.41) is 7.74. The van der Waals surface area contributed by atoms with Crippen LogP contribution in [0.15, 0.2) is 0 Å². The van der Waals surface area contributed by atoms with Gasteiger partial charge in [-0.2, -0.15) is 11.8 Å². The van der Waals surface area contributed by atoms with Crippen LogP contribution in [0.25, 0.3) is 0 Å². The van der Waals surface area contributed by atoms with E-state index in [9.17, 15) is 19.2 Å². The number of nitrogens with one attached hydrogen (secondary N) is 3. The van der Waals surface area contributed by atoms with E-state index in [0.717, 1.165) is 36.3 Å². The highest BCUT2D eigenvalue weighted by atomic mass is 32.2. The molecule has 0 bridgehead atoms. The van der Waals surface area contributed by atoms with Gasteiger partial charge >= 0.3 is 12.1 Å². The molecule has 0 aromatic carbocycles. The maximum atomic E-state index is 12.5. The molecular formula is C16H24N4O4S. The minimum atomic E-state index is -0.873. The molecule has 0 radical (unpaired) electrons. The molecule has 2 heterocycles. The second-order valence-electron chi connectivity index (χ2n) is 7.10. The van der Waals surface area contributed by atoms with Crippen LogP contribution in [0.3, 0.4) is 0 Å². The first-order chi connectivity index (χ1) is 11.9. The first kappa shape index (κ1) is 18.0. The second kappa shape index (κ2) is 7.23. The van der Waals surface area contributed by atoms with Crippen LogP contribution in [0, 0.1) is 5.92 Å². The van der Waals surface area contributed by atoms with E-state index >= 15 is 0 Å². The maximum Gasteiger partial charge on any atom is 0.325 e. The third-order valence-corrected chi connectivity index (χ3v) is 6.44. The molecule has 25 heavy (non-hydrogen) atoms. The molecule has 3 N–H and O–H groups in total. The third kappa shape index (κ3) is 3.75. The van der Waals surface area contributed by atoms with Crippen molar-refractivity contribution in [1.82, 2.24) is 20.9 Å². The van der Waals surface area contributed by atoms with E-state index in [-0.39, 0.29) is 11.9 Å². The number of amides is 6. The summed E-state index contributed by atoms with van der Waals surface area (Å²) in [5.74, 6) is 0.662. The van der Waals surface area contributed by atoms with Crippen LogP contribution < -0.4 is 16.0 Å². The predicted molar refractivity (Wildman–Crippen MR) is 93.0 cm³/mol. The fraction of sp³-hybridized carbons (Fsp3) is 0.750. The molecule has 3 fully saturated rings. The normalized spacial score (nSPS) is 32.0. The summed E-state index contributed by atoms with van der Waals surface area (Å²) in [6.45, 7) is 1.64. The van der Waals surface area contributed by atoms with Crippen molar-refractivity contribution in [2.45, 2.75) is 50.6 Å². The molecule has 1 saturated carbocycles. The van der Waals surface area contributed by atoms with Crippen LogP contribution in [0.5, 0.6) is 0 Å². The van der Waals surface area contributed by atoms with E-state index in [1.807, 2.05) is 0 Å². The molecule has 8 nitrogen and oxygen atoms in total. The number of carbonyl (C=O) groups is 4. The standard InChI is InChI=1S/C16H24N4O4S/c1-10-4-2-3-5-11(10)17-14(23)18-12(21)8-20-13(22)16(19-15(20)24)6-7-25-9-16/h10-11H,2-9H2,1H3,(H,19,24)(H2,17,18,21,23). The van der Waals surface area contributed by atoms with Crippen molar-refractivity contribution < 1.29 is 19.2 Å². The van der Waals surface area contributed by atoms with E-state index in [1.54, 1.807) is 11.8 Å². The van der Waals surface area contributed by atoms with Crippen LogP contribution >= 0.6 is 11.8 Å². The van der Waals surface area contributed by atoms with Gasteiger partial charge in [0, 0.05) is 11.8 Å². The van der Waals surface area contributed by atoms with E-state index in [0.29, 0.717) is 18.1 Å². The molecule has 138 valence electrons. The molecule has 1 spiro atoms. The van der Waals surface area contributed by atoms with Crippen LogP contribution in [-0.2, 0) is 9.59 Å². The van der Waals surface area contributed by atoms with E-state index in [4.69, 9.17) is 0 Å². The third-order valence-electron chi connectivity index (χ3n) is 5.25. The van der Waals surface area contributed by atoms with Gasteiger partial charge in [0.1, 0.15) is 12.1 Å². The molecule has 0 aromatic heterocycles. The summed E-state index contributed by atoms with van der Waals surface area (Å²) in [7, 11) is 0. The number of imide groups is 2. The SMILES string of the molecule is CC1CCCCC1NC(=O)NC(=O)CN1C(=O)NC2(CCSC2)C1=O. The van der Waals surface area contributed by atoms with Gasteiger partial charge in [-0.15, -0.1) is 0 Å². The fourth-order valence-corrected chi connectivity index (χ4v) is 5.02. The van der Waals surface area contributed by atoms with Crippen LogP contribution in [0.1, 0.15) is 39.0 Å². The van der Waals surface area contributed by atoms with Gasteiger partial charge < -0.3 is 10.6 Å². The van der Waals surface area contributed by atoms with Crippen LogP contribution in [-0.4, -0.2) is 58.4 Å². The van der Waals surface area contributed by atoms with E-state index in [1.165, 1.54) is 0 Å². The van der Waals surface area contributed by atoms with Gasteiger partial charge in [-0.05, 0) is 30.9 Å². The van der Waals surface area contributed by atoms with Crippen molar-refractivity contribution in [3.8, 4) is 0 Å². The molecule has 0 aromatic rings. The molecule has 3 rings (SSSR count). The number of hydrogen-bond donors (Lipinski definition) is 3. The molecule has 2 saturated heterocycles. The van der Waals surface area contributed by atoms with Crippen molar-refractivity contribution in [1.29, 1.82) is 0 Å². The Balaban J connectivity index is 1.51. The Hall–Kier alpha value is -1.77. The van der Waals surface area contributed by atoms with Crippen molar-refractivity contribution >= 4 is 35.6 Å². The van der Waals surface area contributed by atoms with Gasteiger partial charge in [0.25, 0.3) is 5.91 Å². The zero-order chi connectivity index (χ0) is 18.0. The topological polar surface area (TPSA) is 108 Å². The summed E-state index contributed by atoms with van der Waals surface area (Å²) in [4.78, 5) is 49.5. The Morgan fingerprint density at radius 2 is 2.08 bits per heavy atom. The summed E-state index contributed by atoms with van der Waals surface area (Å²) in [6.07, 6.45) is 4.75. The monoisotopic (exact) mass is 368 g/mol. The van der Waals surface area contributed by atoms with Crippen LogP contribution in [0.2, 0.25) is 0 Å². The van der Waals surface area contributed by atoms with Crippen molar-refractivity contribution in [3.05, 3.63) is 0 Å². The minimum absolute atomic E-state index is 0.0528. The second-order valence-corrected chi connectivity index (χ2v) is 8.20. The zero-order valence-corrected chi connectivity index (χ0v) is 15.1. The van der Waals surface area contributed by atoms with Gasteiger partial charge in [0.05, 0.1) is 0 Å². The minimum Gasteiger partial charge on any atom is -0.335 e. The summed E-state index contributed by atoms with van der Waals surface area (Å²) in [6, 6.07) is -1.08. The highest BCUT2D eigenvalue weighted by Crippen LogP contribution is 2.33. The lowest BCUT2D eigenvalue weighted by Gasteiger charge is -2.29. The lowest BCUT2D eigenvalue weighted by Crippen LogP contribution is -2.51. The predicted octanol–water partition coefficient (Wildman–Crippen LogP) is 0.818. The summed E-state index contributed by atoms with van der Waals surface area (Å²) < 4.78 is 0. The molecule has 3 unspecified atom stereocenters. The molecule has 1 aliphatic carbocycles. The summed E-state index contributed by atoms with van der Waals surface area (Å²) >= 11 is 1.60. The first-order valence-corrected chi connectivity index (χ1v) is 9.89. The highest BCUT2D eigenvalue weighted by Gasteiger charge is 2.53. The lowest BCUT2D eigenvalue weighted by atomic mass is 9.86. The maximum absolute atomic E-state index is 12.5. The first-order valence-electron chi connectivity index (χ1n) is 8.73. The smallest absolute Gasteiger partial charge is 0.325 e. The number of hydrogen-bond acceptors (Lipinski definition) is 5. The Morgan fingerprint density at radius 1 is 1.32 bits per heavy atom. The number of thioether (sulfide) groups is 1. The Morgan fingerprint density at radius 3 is 2.76 bits per heavy atom. The van der Waals surface area contributed by atoms with Gasteiger partial charge in [-0.3, -0.25) is 19.8 Å². The van der Waals surface area contributed by atoms with E-state index in [2.05, 4.69) is 22.9 Å². The van der Waals surface area contributed by atoms with Crippen LogP contribution in [0.4, 0.5) is 9.59 Å². The van der Waals surface area contributed by atoms with Crippen molar-refractivity contribution in [2.24, 2.45) is 5.92 Å². The number of urea groups is 2. The largest absolute Gasteiger partial charge is 0.335 e. The van der Waals surface area contributed by atoms with Crippen molar-refractivity contribution in [2.75, 3.05) is 18.1 Å². The number of nitrogens with zero attached hydrogens (tertiary/aromatic N) is 1. The molecule has 3 atom stereocenters. The Bertz CT molecular complexity index is 591. The van der Waals surface area contributed by atoms with E-state index < -0.39 is 30.1 Å². The quantitative estimate of drug-likeness (QED) is 0.639. The summed E-state index contributed by atoms with van der Waals surface area (Å²) in [5.41, 5.74) is -0.873. The molecular weight excluding hydrogens is 344 g/mol. The molecule has 2 aliphatic heterocycles. The Labute approximate surface area is 150 Å². The fourth-order valence-electron chi connectivity index (χ4n) is 3.70. The zero-order valence-electron chi connectivity index (χ0n) is 14.3. The highest BCUT2D eigenvalue weighted by molar-refractivity contribution is 7.99. The van der Waals surface area contributed by atoms with Gasteiger partial charge in [-0.25, -0.2) is 9.59 Å². The number of rotatable bonds is 3. The average Bonchev–Trinajstić information content (AvgIpc) is 3.11. The lowest BCUT2D eigenvalue weighted by molar-refractivity contribution is -0.134. The molecule has 9 heteroatoms. The molecule has 6 amide bonds. The number of carbonyl (C=O) groups excluding carboxylic acids is 4. The van der Waals surface area contributed by atoms with Gasteiger partial charge in [0.15, 0.2) is 0 Å². The molecule has 3 aliphatic rings. The van der Waals surface area contributed by atoms with Crippen molar-refractivity contribution in [3.63, 3.8) is 0 Å². The average molecular weight is 368 g/mol.